The average Bonchev–Trinajstić information content (AvgIpc) is 2.98. The number of unbranched alkanes of at least 4 members (excludes halogenated alkanes) is 10. The summed E-state index contributed by atoms with van der Waals surface area (Å²) in [4.78, 5) is 25.2. The van der Waals surface area contributed by atoms with E-state index in [2.05, 4.69) is 6.92 Å². The number of carbonyl (C=O) groups is 1. The highest BCUT2D eigenvalue weighted by atomic mass is 16.6. The van der Waals surface area contributed by atoms with Crippen molar-refractivity contribution in [2.24, 2.45) is 0 Å². The Morgan fingerprint density at radius 3 is 1.88 bits per heavy atom. The van der Waals surface area contributed by atoms with E-state index in [1.54, 1.807) is 24.3 Å². The van der Waals surface area contributed by atoms with E-state index in [0.717, 1.165) is 19.3 Å². The van der Waals surface area contributed by atoms with Crippen molar-refractivity contribution < 1.29 is 32.9 Å². The van der Waals surface area contributed by atoms with Crippen LogP contribution in [0, 0.1) is 0 Å². The van der Waals surface area contributed by atoms with Gasteiger partial charge in [-0.3, -0.25) is 4.79 Å². The Kier molecular flexibility index (Phi) is 12.9. The number of hydrogen-bond acceptors (Lipinski definition) is 8. The van der Waals surface area contributed by atoms with Crippen molar-refractivity contribution in [2.45, 2.75) is 84.0 Å². The number of rotatable bonds is 18. The first-order valence-corrected chi connectivity index (χ1v) is 14.6. The monoisotopic (exact) mass is 568 g/mol. The first-order chi connectivity index (χ1) is 20.0. The molecule has 41 heavy (non-hydrogen) atoms. The van der Waals surface area contributed by atoms with Crippen LogP contribution in [0.2, 0.25) is 0 Å². The molecule has 1 heterocycles. The fourth-order valence-corrected chi connectivity index (χ4v) is 5.06. The zero-order valence-electron chi connectivity index (χ0n) is 25.1. The third-order valence-corrected chi connectivity index (χ3v) is 7.22. The van der Waals surface area contributed by atoms with Gasteiger partial charge in [0.1, 0.15) is 5.58 Å². The van der Waals surface area contributed by atoms with Crippen LogP contribution in [0.1, 0.15) is 84.0 Å². The largest absolute Gasteiger partial charge is 0.493 e. The van der Waals surface area contributed by atoms with Crippen molar-refractivity contribution >= 4 is 16.9 Å². The molecule has 0 spiro atoms. The minimum absolute atomic E-state index is 0.271. The molecule has 0 aliphatic heterocycles. The van der Waals surface area contributed by atoms with Crippen molar-refractivity contribution in [3.63, 3.8) is 0 Å². The van der Waals surface area contributed by atoms with E-state index < -0.39 is 5.63 Å². The Labute approximate surface area is 242 Å². The Morgan fingerprint density at radius 2 is 1.29 bits per heavy atom. The lowest BCUT2D eigenvalue weighted by molar-refractivity contribution is -0.134. The SMILES string of the molecule is CCCCCCCCCCCCCC(=O)Oc1cc(-c2cc(=O)oc3cc(OC)c(OC)c(OC)c23)ccc1OC. The number of ether oxygens (including phenoxy) is 5. The van der Waals surface area contributed by atoms with Gasteiger partial charge in [0.25, 0.3) is 0 Å². The summed E-state index contributed by atoms with van der Waals surface area (Å²) in [5.41, 5.74) is 0.867. The standard InChI is InChI=1S/C33H44O8/c1-6-7-8-9-10-11-12-13-14-15-16-17-29(34)40-26-20-23(18-19-25(26)36-2)24-21-30(35)41-27-22-28(37-3)32(38-4)33(39-5)31(24)27/h18-22H,6-17H2,1-5H3. The Hall–Kier alpha value is -3.68. The molecule has 0 unspecified atom stereocenters. The van der Waals surface area contributed by atoms with Crippen LogP contribution >= 0.6 is 0 Å². The van der Waals surface area contributed by atoms with Crippen LogP contribution in [0.5, 0.6) is 28.7 Å². The molecule has 0 radical (unpaired) electrons. The number of fused-ring (bicyclic) bond motifs is 1. The Morgan fingerprint density at radius 1 is 0.683 bits per heavy atom. The number of hydrogen-bond donors (Lipinski definition) is 0. The van der Waals surface area contributed by atoms with Gasteiger partial charge in [-0.05, 0) is 24.1 Å². The maximum absolute atomic E-state index is 12.7. The van der Waals surface area contributed by atoms with Gasteiger partial charge in [-0.2, -0.15) is 0 Å². The molecule has 224 valence electrons. The molecular weight excluding hydrogens is 524 g/mol. The molecule has 0 aliphatic rings. The highest BCUT2D eigenvalue weighted by Crippen LogP contribution is 2.47. The van der Waals surface area contributed by atoms with E-state index in [1.807, 2.05) is 0 Å². The molecule has 8 nitrogen and oxygen atoms in total. The van der Waals surface area contributed by atoms with Crippen LogP contribution in [0.25, 0.3) is 22.1 Å². The number of benzene rings is 2. The second-order valence-corrected chi connectivity index (χ2v) is 10.1. The summed E-state index contributed by atoms with van der Waals surface area (Å²) in [6.07, 6.45) is 13.6. The summed E-state index contributed by atoms with van der Waals surface area (Å²) < 4.78 is 33.3. The maximum Gasteiger partial charge on any atom is 0.336 e. The van der Waals surface area contributed by atoms with Gasteiger partial charge in [0, 0.05) is 24.1 Å². The summed E-state index contributed by atoms with van der Waals surface area (Å²) in [6, 6.07) is 8.12. The van der Waals surface area contributed by atoms with Gasteiger partial charge in [0.05, 0.1) is 33.8 Å². The molecule has 0 aliphatic carbocycles. The van der Waals surface area contributed by atoms with Crippen LogP contribution in [-0.4, -0.2) is 34.4 Å². The second-order valence-electron chi connectivity index (χ2n) is 10.1. The van der Waals surface area contributed by atoms with E-state index in [4.69, 9.17) is 28.1 Å². The van der Waals surface area contributed by atoms with E-state index in [9.17, 15) is 9.59 Å². The molecule has 3 aromatic rings. The molecule has 0 bridgehead atoms. The molecule has 8 heteroatoms. The van der Waals surface area contributed by atoms with Crippen molar-refractivity contribution in [1.82, 2.24) is 0 Å². The van der Waals surface area contributed by atoms with Gasteiger partial charge < -0.3 is 28.1 Å². The summed E-state index contributed by atoms with van der Waals surface area (Å²) >= 11 is 0. The van der Waals surface area contributed by atoms with Crippen LogP contribution < -0.4 is 29.3 Å². The molecule has 0 saturated heterocycles. The van der Waals surface area contributed by atoms with Crippen molar-refractivity contribution in [1.29, 1.82) is 0 Å². The summed E-state index contributed by atoms with van der Waals surface area (Å²) in [5.74, 6) is 1.45. The predicted molar refractivity (Wildman–Crippen MR) is 161 cm³/mol. The Balaban J connectivity index is 1.70. The fourth-order valence-electron chi connectivity index (χ4n) is 5.06. The summed E-state index contributed by atoms with van der Waals surface area (Å²) in [7, 11) is 6.02. The van der Waals surface area contributed by atoms with Gasteiger partial charge in [0.15, 0.2) is 23.0 Å². The van der Waals surface area contributed by atoms with Crippen LogP contribution in [-0.2, 0) is 4.79 Å². The van der Waals surface area contributed by atoms with E-state index in [0.29, 0.717) is 45.9 Å². The smallest absolute Gasteiger partial charge is 0.336 e. The van der Waals surface area contributed by atoms with E-state index >= 15 is 0 Å². The molecule has 2 aromatic carbocycles. The molecule has 3 rings (SSSR count). The number of carbonyl (C=O) groups excluding carboxylic acids is 1. The number of esters is 1. The lowest BCUT2D eigenvalue weighted by Gasteiger charge is -2.17. The molecule has 0 amide bonds. The zero-order valence-corrected chi connectivity index (χ0v) is 25.1. The van der Waals surface area contributed by atoms with Crippen LogP contribution in [0.4, 0.5) is 0 Å². The minimum atomic E-state index is -0.548. The van der Waals surface area contributed by atoms with Crippen LogP contribution in [0.15, 0.2) is 39.5 Å². The molecule has 0 atom stereocenters. The fraction of sp³-hybridized carbons (Fsp3) is 0.515. The third-order valence-electron chi connectivity index (χ3n) is 7.22. The topological polar surface area (TPSA) is 93.4 Å². The number of methoxy groups -OCH3 is 4. The van der Waals surface area contributed by atoms with Gasteiger partial charge in [-0.1, -0.05) is 77.2 Å². The zero-order chi connectivity index (χ0) is 29.6. The summed E-state index contributed by atoms with van der Waals surface area (Å²) in [6.45, 7) is 2.24. The van der Waals surface area contributed by atoms with E-state index in [-0.39, 0.29) is 17.3 Å². The van der Waals surface area contributed by atoms with Gasteiger partial charge in [0.2, 0.25) is 5.75 Å². The molecule has 0 N–H and O–H groups in total. The molecule has 1 aromatic heterocycles. The first kappa shape index (κ1) is 31.8. The average molecular weight is 569 g/mol. The van der Waals surface area contributed by atoms with Gasteiger partial charge in [-0.25, -0.2) is 4.79 Å². The van der Waals surface area contributed by atoms with Gasteiger partial charge >= 0.3 is 11.6 Å². The van der Waals surface area contributed by atoms with Gasteiger partial charge in [-0.15, -0.1) is 0 Å². The summed E-state index contributed by atoms with van der Waals surface area (Å²) in [5, 5.41) is 0.521. The van der Waals surface area contributed by atoms with Crippen molar-refractivity contribution in [3.8, 4) is 39.9 Å². The molecule has 0 saturated carbocycles. The normalized spacial score (nSPS) is 11.0. The lowest BCUT2D eigenvalue weighted by atomic mass is 10.00. The second kappa shape index (κ2) is 16.6. The first-order valence-electron chi connectivity index (χ1n) is 14.6. The third kappa shape index (κ3) is 8.65. The molecular formula is C33H44O8. The molecule has 0 fully saturated rings. The highest BCUT2D eigenvalue weighted by Gasteiger charge is 2.22. The van der Waals surface area contributed by atoms with Crippen molar-refractivity contribution in [2.75, 3.05) is 28.4 Å². The van der Waals surface area contributed by atoms with E-state index in [1.165, 1.54) is 85.9 Å². The highest BCUT2D eigenvalue weighted by molar-refractivity contribution is 6.01. The lowest BCUT2D eigenvalue weighted by Crippen LogP contribution is -2.08. The van der Waals surface area contributed by atoms with Crippen LogP contribution in [0.3, 0.4) is 0 Å². The predicted octanol–water partition coefficient (Wildman–Crippen LogP) is 8.10. The maximum atomic E-state index is 12.7. The minimum Gasteiger partial charge on any atom is -0.493 e. The quantitative estimate of drug-likeness (QED) is 0.0658. The Bertz CT molecular complexity index is 1330. The van der Waals surface area contributed by atoms with Crippen molar-refractivity contribution in [3.05, 3.63) is 40.8 Å².